The van der Waals surface area contributed by atoms with Crippen LogP contribution < -0.4 is 5.32 Å². The molecule has 2 rings (SSSR count). The predicted molar refractivity (Wildman–Crippen MR) is 75.4 cm³/mol. The smallest absolute Gasteiger partial charge is 0.0412 e. The maximum atomic E-state index is 3.74. The number of thiophene rings is 1. The molecule has 1 atom stereocenters. The third-order valence-electron chi connectivity index (χ3n) is 3.29. The Morgan fingerprint density at radius 1 is 1.44 bits per heavy atom. The van der Waals surface area contributed by atoms with Crippen molar-refractivity contribution in [3.63, 3.8) is 0 Å². The minimum atomic E-state index is 0.578. The Bertz CT molecular complexity index is 278. The summed E-state index contributed by atoms with van der Waals surface area (Å²) in [6.07, 6.45) is 4.00. The van der Waals surface area contributed by atoms with Gasteiger partial charge in [-0.3, -0.25) is 0 Å². The van der Waals surface area contributed by atoms with Crippen LogP contribution in [0.4, 0.5) is 0 Å². The van der Waals surface area contributed by atoms with Gasteiger partial charge in [-0.05, 0) is 54.7 Å². The molecule has 0 aromatic carbocycles. The van der Waals surface area contributed by atoms with Gasteiger partial charge in [0.25, 0.3) is 0 Å². The molecule has 0 saturated carbocycles. The Kier molecular flexibility index (Phi) is 5.20. The van der Waals surface area contributed by atoms with Crippen LogP contribution in [0.25, 0.3) is 0 Å². The molecular formula is C13H21NS2. The molecular weight excluding hydrogens is 234 g/mol. The van der Waals surface area contributed by atoms with Crippen molar-refractivity contribution in [2.45, 2.75) is 32.2 Å². The lowest BCUT2D eigenvalue weighted by molar-refractivity contribution is 0.407. The third-order valence-corrected chi connectivity index (χ3v) is 5.32. The first kappa shape index (κ1) is 12.5. The minimum absolute atomic E-state index is 0.578. The summed E-state index contributed by atoms with van der Waals surface area (Å²) in [6, 6.07) is 4.99. The maximum Gasteiger partial charge on any atom is 0.0412 e. The van der Waals surface area contributed by atoms with E-state index in [4.69, 9.17) is 0 Å². The molecule has 1 aromatic rings. The van der Waals surface area contributed by atoms with Gasteiger partial charge in [0.15, 0.2) is 0 Å². The Balaban J connectivity index is 1.78. The van der Waals surface area contributed by atoms with E-state index >= 15 is 0 Å². The number of nitrogens with one attached hydrogen (secondary N) is 1. The number of hydrogen-bond donors (Lipinski definition) is 1. The summed E-state index contributed by atoms with van der Waals surface area (Å²) in [5.74, 6) is 3.64. The van der Waals surface area contributed by atoms with E-state index in [1.807, 2.05) is 11.3 Å². The zero-order chi connectivity index (χ0) is 11.2. The van der Waals surface area contributed by atoms with Crippen molar-refractivity contribution in [3.05, 3.63) is 22.4 Å². The summed E-state index contributed by atoms with van der Waals surface area (Å²) in [7, 11) is 0. The normalized spacial score (nSPS) is 19.8. The molecule has 1 aromatic heterocycles. The highest BCUT2D eigenvalue weighted by Gasteiger charge is 2.16. The summed E-state index contributed by atoms with van der Waals surface area (Å²) < 4.78 is 0. The molecule has 0 bridgehead atoms. The van der Waals surface area contributed by atoms with E-state index in [0.29, 0.717) is 6.04 Å². The zero-order valence-electron chi connectivity index (χ0n) is 9.95. The molecule has 0 aliphatic carbocycles. The second-order valence-corrected chi connectivity index (χ2v) is 6.64. The molecule has 90 valence electrons. The molecule has 0 radical (unpaired) electrons. The van der Waals surface area contributed by atoms with Crippen LogP contribution >= 0.6 is 23.1 Å². The fourth-order valence-electron chi connectivity index (χ4n) is 2.20. The van der Waals surface area contributed by atoms with Crippen LogP contribution in [0, 0.1) is 5.92 Å². The van der Waals surface area contributed by atoms with Gasteiger partial charge in [-0.2, -0.15) is 11.8 Å². The summed E-state index contributed by atoms with van der Waals surface area (Å²) >= 11 is 3.99. The van der Waals surface area contributed by atoms with E-state index in [9.17, 15) is 0 Å². The topological polar surface area (TPSA) is 12.0 Å². The SMILES string of the molecule is CCC(NCC1CCSCC1)c1cccs1. The quantitative estimate of drug-likeness (QED) is 0.855. The van der Waals surface area contributed by atoms with Gasteiger partial charge in [0, 0.05) is 10.9 Å². The minimum Gasteiger partial charge on any atom is -0.309 e. The van der Waals surface area contributed by atoms with Gasteiger partial charge in [0.2, 0.25) is 0 Å². The van der Waals surface area contributed by atoms with Gasteiger partial charge in [-0.15, -0.1) is 11.3 Å². The van der Waals surface area contributed by atoms with Crippen LogP contribution in [-0.2, 0) is 0 Å². The highest BCUT2D eigenvalue weighted by atomic mass is 32.2. The summed E-state index contributed by atoms with van der Waals surface area (Å²) in [4.78, 5) is 1.49. The summed E-state index contributed by atoms with van der Waals surface area (Å²) in [5.41, 5.74) is 0. The molecule has 0 amide bonds. The van der Waals surface area contributed by atoms with Gasteiger partial charge < -0.3 is 5.32 Å². The Morgan fingerprint density at radius 3 is 2.88 bits per heavy atom. The predicted octanol–water partition coefficient (Wildman–Crippen LogP) is 3.93. The Labute approximate surface area is 107 Å². The molecule has 3 heteroatoms. The van der Waals surface area contributed by atoms with Crippen LogP contribution in [0.3, 0.4) is 0 Å². The van der Waals surface area contributed by atoms with E-state index in [1.54, 1.807) is 0 Å². The van der Waals surface area contributed by atoms with E-state index in [2.05, 4.69) is 41.5 Å². The highest BCUT2D eigenvalue weighted by molar-refractivity contribution is 7.99. The van der Waals surface area contributed by atoms with Gasteiger partial charge in [0.05, 0.1) is 0 Å². The first-order valence-corrected chi connectivity index (χ1v) is 8.28. The second-order valence-electron chi connectivity index (χ2n) is 4.44. The lowest BCUT2D eigenvalue weighted by Crippen LogP contribution is -2.28. The van der Waals surface area contributed by atoms with E-state index in [1.165, 1.54) is 42.2 Å². The fourth-order valence-corrected chi connectivity index (χ4v) is 4.28. The molecule has 1 saturated heterocycles. The highest BCUT2D eigenvalue weighted by Crippen LogP contribution is 2.25. The molecule has 2 heterocycles. The van der Waals surface area contributed by atoms with Crippen LogP contribution in [0.2, 0.25) is 0 Å². The van der Waals surface area contributed by atoms with Crippen molar-refractivity contribution in [2.75, 3.05) is 18.1 Å². The van der Waals surface area contributed by atoms with Crippen LogP contribution in [0.5, 0.6) is 0 Å². The van der Waals surface area contributed by atoms with E-state index in [-0.39, 0.29) is 0 Å². The molecule has 1 aliphatic rings. The maximum absolute atomic E-state index is 3.74. The van der Waals surface area contributed by atoms with Gasteiger partial charge in [-0.1, -0.05) is 13.0 Å². The summed E-state index contributed by atoms with van der Waals surface area (Å²) in [6.45, 7) is 3.48. The van der Waals surface area contributed by atoms with Crippen LogP contribution in [0.15, 0.2) is 17.5 Å². The van der Waals surface area contributed by atoms with E-state index in [0.717, 1.165) is 5.92 Å². The van der Waals surface area contributed by atoms with Crippen molar-refractivity contribution >= 4 is 23.1 Å². The lowest BCUT2D eigenvalue weighted by atomic mass is 10.0. The largest absolute Gasteiger partial charge is 0.309 e. The molecule has 1 aliphatic heterocycles. The lowest BCUT2D eigenvalue weighted by Gasteiger charge is -2.24. The monoisotopic (exact) mass is 255 g/mol. The van der Waals surface area contributed by atoms with E-state index < -0.39 is 0 Å². The molecule has 1 N–H and O–H groups in total. The number of thioether (sulfide) groups is 1. The zero-order valence-corrected chi connectivity index (χ0v) is 11.6. The third kappa shape index (κ3) is 3.51. The van der Waals surface area contributed by atoms with Crippen molar-refractivity contribution in [3.8, 4) is 0 Å². The van der Waals surface area contributed by atoms with Gasteiger partial charge in [-0.25, -0.2) is 0 Å². The molecule has 1 unspecified atom stereocenters. The second kappa shape index (κ2) is 6.67. The average molecular weight is 255 g/mol. The Hall–Kier alpha value is 0.01000. The van der Waals surface area contributed by atoms with Crippen molar-refractivity contribution in [1.82, 2.24) is 5.32 Å². The van der Waals surface area contributed by atoms with Gasteiger partial charge >= 0.3 is 0 Å². The molecule has 0 spiro atoms. The van der Waals surface area contributed by atoms with Crippen molar-refractivity contribution in [1.29, 1.82) is 0 Å². The Morgan fingerprint density at radius 2 is 2.25 bits per heavy atom. The number of rotatable bonds is 5. The van der Waals surface area contributed by atoms with Gasteiger partial charge in [0.1, 0.15) is 0 Å². The number of hydrogen-bond acceptors (Lipinski definition) is 3. The first-order chi connectivity index (χ1) is 7.90. The summed E-state index contributed by atoms with van der Waals surface area (Å²) in [5, 5.41) is 5.92. The average Bonchev–Trinajstić information content (AvgIpc) is 2.85. The van der Waals surface area contributed by atoms with Crippen molar-refractivity contribution in [2.24, 2.45) is 5.92 Å². The van der Waals surface area contributed by atoms with Crippen LogP contribution in [0.1, 0.15) is 37.1 Å². The fraction of sp³-hybridized carbons (Fsp3) is 0.692. The molecule has 1 nitrogen and oxygen atoms in total. The van der Waals surface area contributed by atoms with Crippen molar-refractivity contribution < 1.29 is 0 Å². The first-order valence-electron chi connectivity index (χ1n) is 6.24. The standard InChI is InChI=1S/C13H21NS2/c1-2-12(13-4-3-7-16-13)14-10-11-5-8-15-9-6-11/h3-4,7,11-12,14H,2,5-6,8-10H2,1H3. The molecule has 1 fully saturated rings. The van der Waals surface area contributed by atoms with Crippen LogP contribution in [-0.4, -0.2) is 18.1 Å². The molecule has 16 heavy (non-hydrogen) atoms.